The van der Waals surface area contributed by atoms with Crippen LogP contribution in [0.5, 0.6) is 0 Å². The molecule has 0 aliphatic heterocycles. The zero-order valence-electron chi connectivity index (χ0n) is 62.0. The van der Waals surface area contributed by atoms with E-state index in [0.717, 1.165) is 102 Å². The maximum atomic E-state index is 13.1. The van der Waals surface area contributed by atoms with Crippen molar-refractivity contribution >= 4 is 39.5 Å². The van der Waals surface area contributed by atoms with E-state index in [4.69, 9.17) is 37.0 Å². The maximum Gasteiger partial charge on any atom is 0.472 e. The molecule has 0 aliphatic carbocycles. The van der Waals surface area contributed by atoms with Gasteiger partial charge in [-0.1, -0.05) is 343 Å². The Balaban J connectivity index is 5.22. The lowest BCUT2D eigenvalue weighted by Crippen LogP contribution is -2.30. The van der Waals surface area contributed by atoms with E-state index in [1.165, 1.54) is 205 Å². The topological polar surface area (TPSA) is 237 Å². The SMILES string of the molecule is CCCCCCCCCCCCCCCCCCCCC(=O)O[C@H](COC(=O)CCCCCCCCCCCCCCCC(C)C)COP(=O)(O)OC[C@@H](O)COP(=O)(O)OC[C@@H](COC(=O)CCCCCCCCC(C)C)OC(=O)CCCCCCCCCCCCCC. The summed E-state index contributed by atoms with van der Waals surface area (Å²) in [6.07, 6.45) is 55.6. The highest BCUT2D eigenvalue weighted by molar-refractivity contribution is 7.47. The first kappa shape index (κ1) is 93.1. The number of carbonyl (C=O) groups excluding carboxylic acids is 4. The van der Waals surface area contributed by atoms with Crippen LogP contribution < -0.4 is 0 Å². The lowest BCUT2D eigenvalue weighted by Gasteiger charge is -2.21. The highest BCUT2D eigenvalue weighted by Crippen LogP contribution is 2.45. The van der Waals surface area contributed by atoms with Crippen LogP contribution in [0.3, 0.4) is 0 Å². The molecular formula is C76H148O17P2. The van der Waals surface area contributed by atoms with Crippen molar-refractivity contribution in [2.24, 2.45) is 11.8 Å². The number of phosphoric ester groups is 2. The number of hydrogen-bond acceptors (Lipinski definition) is 15. The summed E-state index contributed by atoms with van der Waals surface area (Å²) in [6.45, 7) is 9.53. The Morgan fingerprint density at radius 1 is 0.284 bits per heavy atom. The quantitative estimate of drug-likeness (QED) is 0.0222. The molecule has 95 heavy (non-hydrogen) atoms. The second kappa shape index (κ2) is 67.9. The summed E-state index contributed by atoms with van der Waals surface area (Å²) in [5.41, 5.74) is 0. The Hall–Kier alpha value is -1.94. The van der Waals surface area contributed by atoms with Crippen LogP contribution >= 0.6 is 15.6 Å². The third-order valence-corrected chi connectivity index (χ3v) is 19.6. The van der Waals surface area contributed by atoms with Crippen LogP contribution in [0.1, 0.15) is 395 Å². The molecule has 0 aliphatic rings. The smallest absolute Gasteiger partial charge is 0.462 e. The molecule has 0 radical (unpaired) electrons. The summed E-state index contributed by atoms with van der Waals surface area (Å²) in [7, 11) is -9.91. The lowest BCUT2D eigenvalue weighted by molar-refractivity contribution is -0.161. The molecule has 0 rings (SSSR count). The zero-order chi connectivity index (χ0) is 70.0. The molecule has 0 bridgehead atoms. The maximum absolute atomic E-state index is 13.1. The van der Waals surface area contributed by atoms with Gasteiger partial charge in [0.05, 0.1) is 26.4 Å². The zero-order valence-corrected chi connectivity index (χ0v) is 63.8. The van der Waals surface area contributed by atoms with Gasteiger partial charge in [-0.25, -0.2) is 9.13 Å². The third-order valence-electron chi connectivity index (χ3n) is 17.7. The molecule has 2 unspecified atom stereocenters. The van der Waals surface area contributed by atoms with Gasteiger partial charge in [0.2, 0.25) is 0 Å². The molecule has 0 fully saturated rings. The molecule has 17 nitrogen and oxygen atoms in total. The van der Waals surface area contributed by atoms with Crippen molar-refractivity contribution in [1.29, 1.82) is 0 Å². The van der Waals surface area contributed by atoms with E-state index >= 15 is 0 Å². The molecule has 5 atom stereocenters. The van der Waals surface area contributed by atoms with E-state index in [-0.39, 0.29) is 25.7 Å². The molecule has 0 aromatic carbocycles. The van der Waals surface area contributed by atoms with E-state index in [1.807, 2.05) is 0 Å². The van der Waals surface area contributed by atoms with Crippen LogP contribution in [0.15, 0.2) is 0 Å². The van der Waals surface area contributed by atoms with Gasteiger partial charge in [-0.05, 0) is 37.5 Å². The van der Waals surface area contributed by atoms with Crippen molar-refractivity contribution in [3.63, 3.8) is 0 Å². The Morgan fingerprint density at radius 3 is 0.716 bits per heavy atom. The van der Waals surface area contributed by atoms with Crippen LogP contribution in [-0.2, 0) is 65.4 Å². The fraction of sp³-hybridized carbons (Fsp3) is 0.947. The van der Waals surface area contributed by atoms with Crippen LogP contribution in [0, 0.1) is 11.8 Å². The van der Waals surface area contributed by atoms with Crippen LogP contribution in [0.4, 0.5) is 0 Å². The number of carbonyl (C=O) groups is 4. The van der Waals surface area contributed by atoms with E-state index in [9.17, 15) is 43.2 Å². The predicted molar refractivity (Wildman–Crippen MR) is 386 cm³/mol. The molecule has 19 heteroatoms. The van der Waals surface area contributed by atoms with Crippen molar-refractivity contribution in [1.82, 2.24) is 0 Å². The van der Waals surface area contributed by atoms with Crippen molar-refractivity contribution < 1.29 is 80.2 Å². The fourth-order valence-electron chi connectivity index (χ4n) is 11.7. The van der Waals surface area contributed by atoms with E-state index in [1.54, 1.807) is 0 Å². The number of aliphatic hydroxyl groups excluding tert-OH is 1. The van der Waals surface area contributed by atoms with Gasteiger partial charge in [0.25, 0.3) is 0 Å². The Bertz CT molecular complexity index is 1840. The fourth-order valence-corrected chi connectivity index (χ4v) is 13.2. The van der Waals surface area contributed by atoms with Crippen LogP contribution in [-0.4, -0.2) is 96.7 Å². The molecule has 0 aromatic heterocycles. The van der Waals surface area contributed by atoms with Gasteiger partial charge in [0, 0.05) is 25.7 Å². The summed E-state index contributed by atoms with van der Waals surface area (Å²) >= 11 is 0. The van der Waals surface area contributed by atoms with Crippen LogP contribution in [0.2, 0.25) is 0 Å². The number of unbranched alkanes of at least 4 members (excludes halogenated alkanes) is 45. The summed E-state index contributed by atoms with van der Waals surface area (Å²) in [5.74, 6) is -0.645. The minimum atomic E-state index is -4.96. The molecule has 0 heterocycles. The number of esters is 4. The summed E-state index contributed by atoms with van der Waals surface area (Å²) in [5, 5.41) is 10.6. The molecule has 564 valence electrons. The van der Waals surface area contributed by atoms with Crippen molar-refractivity contribution in [3.8, 4) is 0 Å². The number of ether oxygens (including phenoxy) is 4. The normalized spacial score (nSPS) is 14.0. The van der Waals surface area contributed by atoms with Crippen molar-refractivity contribution in [2.75, 3.05) is 39.6 Å². The number of phosphoric acid groups is 2. The second-order valence-electron chi connectivity index (χ2n) is 28.3. The van der Waals surface area contributed by atoms with Gasteiger partial charge in [-0.2, -0.15) is 0 Å². The summed E-state index contributed by atoms with van der Waals surface area (Å²) in [4.78, 5) is 72.8. The van der Waals surface area contributed by atoms with Gasteiger partial charge in [0.15, 0.2) is 12.2 Å². The van der Waals surface area contributed by atoms with Gasteiger partial charge in [0.1, 0.15) is 19.3 Å². The Morgan fingerprint density at radius 2 is 0.484 bits per heavy atom. The molecule has 3 N–H and O–H groups in total. The molecule has 0 aromatic rings. The van der Waals surface area contributed by atoms with Crippen LogP contribution in [0.25, 0.3) is 0 Å². The predicted octanol–water partition coefficient (Wildman–Crippen LogP) is 22.3. The highest BCUT2D eigenvalue weighted by Gasteiger charge is 2.30. The van der Waals surface area contributed by atoms with Gasteiger partial charge in [-0.3, -0.25) is 37.3 Å². The highest BCUT2D eigenvalue weighted by atomic mass is 31.2. The second-order valence-corrected chi connectivity index (χ2v) is 31.3. The molecule has 0 saturated heterocycles. The molecule has 0 amide bonds. The first-order chi connectivity index (χ1) is 45.9. The number of rotatable bonds is 75. The number of hydrogen-bond donors (Lipinski definition) is 3. The minimum Gasteiger partial charge on any atom is -0.462 e. The molecule has 0 spiro atoms. The first-order valence-corrected chi connectivity index (χ1v) is 42.5. The van der Waals surface area contributed by atoms with E-state index in [0.29, 0.717) is 31.6 Å². The minimum absolute atomic E-state index is 0.106. The van der Waals surface area contributed by atoms with E-state index < -0.39 is 97.5 Å². The van der Waals surface area contributed by atoms with Crippen molar-refractivity contribution in [2.45, 2.75) is 413 Å². The summed E-state index contributed by atoms with van der Waals surface area (Å²) in [6, 6.07) is 0. The summed E-state index contributed by atoms with van der Waals surface area (Å²) < 4.78 is 68.5. The van der Waals surface area contributed by atoms with Gasteiger partial charge < -0.3 is 33.8 Å². The molecular weight excluding hydrogens is 1250 g/mol. The first-order valence-electron chi connectivity index (χ1n) is 39.5. The third kappa shape index (κ3) is 70.3. The number of aliphatic hydroxyl groups is 1. The standard InChI is InChI=1S/C76H148O17P2/c1-7-9-11-13-15-17-19-21-22-23-24-25-28-33-37-41-49-55-61-76(81)92-71(64-86-73(78)58-52-46-39-35-32-29-26-27-30-34-38-44-50-56-68(3)4)66-90-94(82,83)88-62-70(77)63-89-95(84,85)91-67-72(65-87-74(79)59-53-47-43-42-45-51-57-69(5)6)93-75(80)60-54-48-40-36-31-20-18-16-14-12-10-8-2/h68-72,77H,7-67H2,1-6H3,(H,82,83)(H,84,85)/t70-,71-,72-/m1/s1. The Labute approximate surface area is 581 Å². The Kier molecular flexibility index (Phi) is 66.5. The lowest BCUT2D eigenvalue weighted by atomic mass is 10.0. The van der Waals surface area contributed by atoms with E-state index in [2.05, 4.69) is 41.5 Å². The average Bonchev–Trinajstić information content (AvgIpc) is 2.08. The largest absolute Gasteiger partial charge is 0.472 e. The molecule has 0 saturated carbocycles. The monoisotopic (exact) mass is 1400 g/mol. The van der Waals surface area contributed by atoms with Gasteiger partial charge >= 0.3 is 39.5 Å². The van der Waals surface area contributed by atoms with Crippen molar-refractivity contribution in [3.05, 3.63) is 0 Å². The average molecular weight is 1400 g/mol. The van der Waals surface area contributed by atoms with Gasteiger partial charge in [-0.15, -0.1) is 0 Å².